The normalized spacial score (nSPS) is 34.0. The Morgan fingerprint density at radius 2 is 2.25 bits per heavy atom. The molecule has 0 radical (unpaired) electrons. The van der Waals surface area contributed by atoms with Gasteiger partial charge in [-0.1, -0.05) is 25.4 Å². The maximum atomic E-state index is 8.79. The highest BCUT2D eigenvalue weighted by molar-refractivity contribution is 5.87. The maximum absolute atomic E-state index is 8.79. The van der Waals surface area contributed by atoms with Crippen LogP contribution in [0.1, 0.15) is 46.0 Å². The SMILES string of the molecule is CCCC1CCC(C)C/C1=N\O. The van der Waals surface area contributed by atoms with Crippen molar-refractivity contribution in [3.8, 4) is 0 Å². The predicted molar refractivity (Wildman–Crippen MR) is 50.6 cm³/mol. The third-order valence-electron chi connectivity index (χ3n) is 2.80. The van der Waals surface area contributed by atoms with Gasteiger partial charge < -0.3 is 5.21 Å². The van der Waals surface area contributed by atoms with E-state index < -0.39 is 0 Å². The molecule has 0 amide bonds. The van der Waals surface area contributed by atoms with Crippen LogP contribution < -0.4 is 0 Å². The number of hydrogen-bond acceptors (Lipinski definition) is 2. The molecule has 0 aromatic rings. The van der Waals surface area contributed by atoms with Gasteiger partial charge in [0, 0.05) is 5.92 Å². The van der Waals surface area contributed by atoms with E-state index in [4.69, 9.17) is 5.21 Å². The van der Waals surface area contributed by atoms with Crippen molar-refractivity contribution in [2.24, 2.45) is 17.0 Å². The van der Waals surface area contributed by atoms with E-state index in [2.05, 4.69) is 19.0 Å². The Bertz CT molecular complexity index is 165. The molecule has 0 heterocycles. The molecule has 1 aliphatic rings. The van der Waals surface area contributed by atoms with E-state index in [-0.39, 0.29) is 0 Å². The molecule has 1 saturated carbocycles. The van der Waals surface area contributed by atoms with Crippen LogP contribution in [0.2, 0.25) is 0 Å². The van der Waals surface area contributed by atoms with E-state index in [1.165, 1.54) is 25.7 Å². The lowest BCUT2D eigenvalue weighted by atomic mass is 9.79. The average molecular weight is 169 g/mol. The van der Waals surface area contributed by atoms with Crippen molar-refractivity contribution in [1.82, 2.24) is 0 Å². The van der Waals surface area contributed by atoms with E-state index in [0.717, 1.165) is 12.1 Å². The fourth-order valence-corrected chi connectivity index (χ4v) is 2.06. The third-order valence-corrected chi connectivity index (χ3v) is 2.80. The number of oxime groups is 1. The van der Waals surface area contributed by atoms with Crippen LogP contribution in [0.4, 0.5) is 0 Å². The van der Waals surface area contributed by atoms with Crippen LogP contribution in [-0.4, -0.2) is 10.9 Å². The second-order valence-electron chi connectivity index (χ2n) is 3.96. The van der Waals surface area contributed by atoms with Crippen molar-refractivity contribution in [1.29, 1.82) is 0 Å². The number of hydrogen-bond donors (Lipinski definition) is 1. The maximum Gasteiger partial charge on any atom is 0.0604 e. The first kappa shape index (κ1) is 9.56. The van der Waals surface area contributed by atoms with E-state index in [1.54, 1.807) is 0 Å². The smallest absolute Gasteiger partial charge is 0.0604 e. The Labute approximate surface area is 74.7 Å². The number of nitrogens with zero attached hydrogens (tertiary/aromatic N) is 1. The van der Waals surface area contributed by atoms with Crippen LogP contribution in [0, 0.1) is 11.8 Å². The zero-order valence-electron chi connectivity index (χ0n) is 8.08. The van der Waals surface area contributed by atoms with Gasteiger partial charge >= 0.3 is 0 Å². The van der Waals surface area contributed by atoms with Gasteiger partial charge in [-0.05, 0) is 31.6 Å². The minimum Gasteiger partial charge on any atom is -0.411 e. The monoisotopic (exact) mass is 169 g/mol. The summed E-state index contributed by atoms with van der Waals surface area (Å²) in [4.78, 5) is 0. The molecule has 0 saturated heterocycles. The molecule has 1 rings (SSSR count). The molecule has 2 heteroatoms. The van der Waals surface area contributed by atoms with E-state index >= 15 is 0 Å². The van der Waals surface area contributed by atoms with E-state index in [1.807, 2.05) is 0 Å². The first-order valence-electron chi connectivity index (χ1n) is 4.98. The quantitative estimate of drug-likeness (QED) is 0.500. The van der Waals surface area contributed by atoms with Crippen molar-refractivity contribution < 1.29 is 5.21 Å². The van der Waals surface area contributed by atoms with Gasteiger partial charge in [0.1, 0.15) is 0 Å². The first-order valence-corrected chi connectivity index (χ1v) is 4.98. The van der Waals surface area contributed by atoms with Crippen molar-refractivity contribution in [3.63, 3.8) is 0 Å². The molecule has 0 aromatic heterocycles. The molecular weight excluding hydrogens is 150 g/mol. The molecule has 2 nitrogen and oxygen atoms in total. The van der Waals surface area contributed by atoms with Crippen LogP contribution in [0.15, 0.2) is 5.16 Å². The van der Waals surface area contributed by atoms with Gasteiger partial charge in [-0.25, -0.2) is 0 Å². The van der Waals surface area contributed by atoms with Gasteiger partial charge in [0.15, 0.2) is 0 Å². The molecule has 0 aromatic carbocycles. The lowest BCUT2D eigenvalue weighted by Crippen LogP contribution is -2.23. The highest BCUT2D eigenvalue weighted by Crippen LogP contribution is 2.29. The van der Waals surface area contributed by atoms with Crippen LogP contribution >= 0.6 is 0 Å². The topological polar surface area (TPSA) is 32.6 Å². The lowest BCUT2D eigenvalue weighted by Gasteiger charge is -2.26. The van der Waals surface area contributed by atoms with E-state index in [0.29, 0.717) is 11.8 Å². The zero-order valence-corrected chi connectivity index (χ0v) is 8.08. The van der Waals surface area contributed by atoms with Crippen LogP contribution in [0.25, 0.3) is 0 Å². The highest BCUT2D eigenvalue weighted by atomic mass is 16.4. The summed E-state index contributed by atoms with van der Waals surface area (Å²) in [7, 11) is 0. The predicted octanol–water partition coefficient (Wildman–Crippen LogP) is 3.05. The molecular formula is C10H19NO. The average Bonchev–Trinajstić information content (AvgIpc) is 2.08. The van der Waals surface area contributed by atoms with Gasteiger partial charge in [-0.2, -0.15) is 0 Å². The lowest BCUT2D eigenvalue weighted by molar-refractivity contribution is 0.300. The van der Waals surface area contributed by atoms with Crippen molar-refractivity contribution >= 4 is 5.71 Å². The second-order valence-corrected chi connectivity index (χ2v) is 3.96. The molecule has 70 valence electrons. The van der Waals surface area contributed by atoms with Gasteiger partial charge in [-0.3, -0.25) is 0 Å². The van der Waals surface area contributed by atoms with E-state index in [9.17, 15) is 0 Å². The Hall–Kier alpha value is -0.530. The standard InChI is InChI=1S/C10H19NO/c1-3-4-9-6-5-8(2)7-10(9)11-12/h8-9,12H,3-7H2,1-2H3/b11-10+. The van der Waals surface area contributed by atoms with Crippen molar-refractivity contribution in [2.75, 3.05) is 0 Å². The Morgan fingerprint density at radius 1 is 1.50 bits per heavy atom. The molecule has 2 atom stereocenters. The zero-order chi connectivity index (χ0) is 8.97. The molecule has 0 bridgehead atoms. The molecule has 12 heavy (non-hydrogen) atoms. The summed E-state index contributed by atoms with van der Waals surface area (Å²) in [6, 6.07) is 0. The van der Waals surface area contributed by atoms with Crippen LogP contribution in [0.5, 0.6) is 0 Å². The Balaban J connectivity index is 2.51. The Morgan fingerprint density at radius 3 is 2.83 bits per heavy atom. The summed E-state index contributed by atoms with van der Waals surface area (Å²) in [5.74, 6) is 1.28. The summed E-state index contributed by atoms with van der Waals surface area (Å²) in [5.41, 5.74) is 1.04. The molecule has 0 aliphatic heterocycles. The largest absolute Gasteiger partial charge is 0.411 e. The number of rotatable bonds is 2. The van der Waals surface area contributed by atoms with Gasteiger partial charge in [0.05, 0.1) is 5.71 Å². The molecule has 2 unspecified atom stereocenters. The summed E-state index contributed by atoms with van der Waals surface area (Å²) in [6.07, 6.45) is 5.89. The first-order chi connectivity index (χ1) is 5.77. The van der Waals surface area contributed by atoms with Crippen LogP contribution in [-0.2, 0) is 0 Å². The van der Waals surface area contributed by atoms with Crippen molar-refractivity contribution in [3.05, 3.63) is 0 Å². The van der Waals surface area contributed by atoms with Gasteiger partial charge in [0.2, 0.25) is 0 Å². The summed E-state index contributed by atoms with van der Waals surface area (Å²) in [6.45, 7) is 4.42. The fourth-order valence-electron chi connectivity index (χ4n) is 2.06. The molecule has 1 aliphatic carbocycles. The van der Waals surface area contributed by atoms with Gasteiger partial charge in [-0.15, -0.1) is 0 Å². The summed E-state index contributed by atoms with van der Waals surface area (Å²) >= 11 is 0. The summed E-state index contributed by atoms with van der Waals surface area (Å²) in [5, 5.41) is 12.2. The molecule has 0 spiro atoms. The Kier molecular flexibility index (Phi) is 3.57. The second kappa shape index (κ2) is 4.48. The fraction of sp³-hybridized carbons (Fsp3) is 0.900. The highest BCUT2D eigenvalue weighted by Gasteiger charge is 2.23. The van der Waals surface area contributed by atoms with Crippen LogP contribution in [0.3, 0.4) is 0 Å². The molecule has 1 fully saturated rings. The molecule has 1 N–H and O–H groups in total. The minimum absolute atomic E-state index is 0.566. The summed E-state index contributed by atoms with van der Waals surface area (Å²) < 4.78 is 0. The minimum atomic E-state index is 0.566. The van der Waals surface area contributed by atoms with Crippen molar-refractivity contribution in [2.45, 2.75) is 46.0 Å². The third kappa shape index (κ3) is 2.23. The van der Waals surface area contributed by atoms with Gasteiger partial charge in [0.25, 0.3) is 0 Å².